The van der Waals surface area contributed by atoms with Gasteiger partial charge in [0.2, 0.25) is 5.91 Å². The van der Waals surface area contributed by atoms with E-state index < -0.39 is 17.5 Å². The van der Waals surface area contributed by atoms with Crippen LogP contribution >= 0.6 is 0 Å². The van der Waals surface area contributed by atoms with Gasteiger partial charge in [-0.3, -0.25) is 9.78 Å². The molecule has 110 valence electrons. The summed E-state index contributed by atoms with van der Waals surface area (Å²) in [6.45, 7) is 1.89. The lowest BCUT2D eigenvalue weighted by Crippen LogP contribution is -2.15. The molecule has 0 bridgehead atoms. The number of pyridine rings is 1. The van der Waals surface area contributed by atoms with Crippen LogP contribution in [-0.2, 0) is 0 Å². The molecule has 1 aromatic carbocycles. The van der Waals surface area contributed by atoms with Gasteiger partial charge in [-0.1, -0.05) is 6.92 Å². The van der Waals surface area contributed by atoms with Crippen molar-refractivity contribution in [3.63, 3.8) is 0 Å². The molecule has 1 unspecified atom stereocenters. The number of nitrogens with two attached hydrogens (primary N) is 1. The van der Waals surface area contributed by atoms with E-state index in [1.807, 2.05) is 6.92 Å². The molecule has 0 fully saturated rings. The van der Waals surface area contributed by atoms with Gasteiger partial charge in [-0.2, -0.15) is 0 Å². The molecule has 0 radical (unpaired) electrons. The second-order valence-corrected chi connectivity index (χ2v) is 4.57. The van der Waals surface area contributed by atoms with Crippen LogP contribution in [0, 0.1) is 11.6 Å². The Bertz CT molecular complexity index is 644. The molecule has 0 spiro atoms. The first-order valence-electron chi connectivity index (χ1n) is 6.48. The zero-order valence-electron chi connectivity index (χ0n) is 11.4. The number of carbonyl (C=O) groups excluding carboxylic acids is 1. The normalized spacial score (nSPS) is 12.0. The Morgan fingerprint density at radius 2 is 2.10 bits per heavy atom. The number of benzene rings is 1. The number of primary amides is 1. The van der Waals surface area contributed by atoms with Crippen LogP contribution in [0.1, 0.15) is 35.4 Å². The molecule has 6 heteroatoms. The van der Waals surface area contributed by atoms with E-state index in [1.165, 1.54) is 30.3 Å². The van der Waals surface area contributed by atoms with Crippen LogP contribution in [0.5, 0.6) is 0 Å². The molecular formula is C15H15F2N3O. The summed E-state index contributed by atoms with van der Waals surface area (Å²) >= 11 is 0. The van der Waals surface area contributed by atoms with Gasteiger partial charge in [-0.15, -0.1) is 0 Å². The van der Waals surface area contributed by atoms with Crippen molar-refractivity contribution in [2.24, 2.45) is 5.73 Å². The molecule has 1 aromatic heterocycles. The van der Waals surface area contributed by atoms with E-state index >= 15 is 0 Å². The van der Waals surface area contributed by atoms with Crippen molar-refractivity contribution in [3.8, 4) is 0 Å². The molecule has 0 aliphatic heterocycles. The lowest BCUT2D eigenvalue weighted by atomic mass is 10.1. The fourth-order valence-electron chi connectivity index (χ4n) is 1.96. The number of halogens is 2. The SMILES string of the molecule is CCC(Nc1cc(C(N)=O)ccc1F)c1ccc(F)cn1. The highest BCUT2D eigenvalue weighted by Gasteiger charge is 2.14. The van der Waals surface area contributed by atoms with Gasteiger partial charge >= 0.3 is 0 Å². The maximum atomic E-state index is 13.8. The third-order valence-corrected chi connectivity index (χ3v) is 3.10. The van der Waals surface area contributed by atoms with E-state index in [4.69, 9.17) is 5.73 Å². The van der Waals surface area contributed by atoms with Gasteiger partial charge < -0.3 is 11.1 Å². The van der Waals surface area contributed by atoms with Crippen molar-refractivity contribution in [2.75, 3.05) is 5.32 Å². The van der Waals surface area contributed by atoms with Crippen molar-refractivity contribution in [3.05, 3.63) is 59.4 Å². The van der Waals surface area contributed by atoms with Crippen LogP contribution in [0.25, 0.3) is 0 Å². The Labute approximate surface area is 121 Å². The van der Waals surface area contributed by atoms with Crippen molar-refractivity contribution in [1.82, 2.24) is 4.98 Å². The number of nitrogens with zero attached hydrogens (tertiary/aromatic N) is 1. The number of hydrogen-bond acceptors (Lipinski definition) is 3. The smallest absolute Gasteiger partial charge is 0.248 e. The van der Waals surface area contributed by atoms with E-state index in [1.54, 1.807) is 0 Å². The Hall–Kier alpha value is -2.50. The average molecular weight is 291 g/mol. The van der Waals surface area contributed by atoms with Crippen molar-refractivity contribution in [1.29, 1.82) is 0 Å². The largest absolute Gasteiger partial charge is 0.374 e. The summed E-state index contributed by atoms with van der Waals surface area (Å²) in [4.78, 5) is 15.1. The van der Waals surface area contributed by atoms with Gasteiger partial charge in [0.15, 0.2) is 0 Å². The molecular weight excluding hydrogens is 276 g/mol. The molecule has 0 aliphatic carbocycles. The third-order valence-electron chi connectivity index (χ3n) is 3.10. The molecule has 2 rings (SSSR count). The fraction of sp³-hybridized carbons (Fsp3) is 0.200. The van der Waals surface area contributed by atoms with Gasteiger partial charge in [0, 0.05) is 5.56 Å². The monoisotopic (exact) mass is 291 g/mol. The quantitative estimate of drug-likeness (QED) is 0.889. The minimum Gasteiger partial charge on any atom is -0.374 e. The topological polar surface area (TPSA) is 68.0 Å². The van der Waals surface area contributed by atoms with Crippen LogP contribution in [0.4, 0.5) is 14.5 Å². The van der Waals surface area contributed by atoms with Gasteiger partial charge in [0.25, 0.3) is 0 Å². The summed E-state index contributed by atoms with van der Waals surface area (Å²) in [7, 11) is 0. The summed E-state index contributed by atoms with van der Waals surface area (Å²) in [5.41, 5.74) is 6.13. The molecule has 21 heavy (non-hydrogen) atoms. The molecule has 2 aromatic rings. The maximum absolute atomic E-state index is 13.8. The second-order valence-electron chi connectivity index (χ2n) is 4.57. The second kappa shape index (κ2) is 6.30. The van der Waals surface area contributed by atoms with E-state index in [9.17, 15) is 13.6 Å². The van der Waals surface area contributed by atoms with Crippen LogP contribution in [0.3, 0.4) is 0 Å². The van der Waals surface area contributed by atoms with Crippen LogP contribution in [0.2, 0.25) is 0 Å². The van der Waals surface area contributed by atoms with Crippen LogP contribution in [-0.4, -0.2) is 10.9 Å². The number of anilines is 1. The van der Waals surface area contributed by atoms with E-state index in [0.29, 0.717) is 12.1 Å². The molecule has 0 saturated carbocycles. The molecule has 1 amide bonds. The summed E-state index contributed by atoms with van der Waals surface area (Å²) in [5.74, 6) is -1.57. The van der Waals surface area contributed by atoms with Gasteiger partial charge in [-0.25, -0.2) is 8.78 Å². The maximum Gasteiger partial charge on any atom is 0.248 e. The fourth-order valence-corrected chi connectivity index (χ4v) is 1.96. The van der Waals surface area contributed by atoms with E-state index in [2.05, 4.69) is 10.3 Å². The van der Waals surface area contributed by atoms with Gasteiger partial charge in [-0.05, 0) is 36.8 Å². The number of carbonyl (C=O) groups is 1. The minimum absolute atomic E-state index is 0.157. The number of amides is 1. The third kappa shape index (κ3) is 3.53. The summed E-state index contributed by atoms with van der Waals surface area (Å²) in [6.07, 6.45) is 1.72. The zero-order chi connectivity index (χ0) is 15.4. The summed E-state index contributed by atoms with van der Waals surface area (Å²) < 4.78 is 26.7. The predicted molar refractivity (Wildman–Crippen MR) is 75.8 cm³/mol. The molecule has 0 aliphatic rings. The van der Waals surface area contributed by atoms with E-state index in [-0.39, 0.29) is 17.3 Å². The lowest BCUT2D eigenvalue weighted by Gasteiger charge is -2.18. The Balaban J connectivity index is 2.28. The summed E-state index contributed by atoms with van der Waals surface area (Å²) in [6, 6.07) is 6.37. The minimum atomic E-state index is -0.633. The van der Waals surface area contributed by atoms with Crippen LogP contribution < -0.4 is 11.1 Å². The Kier molecular flexibility index (Phi) is 4.47. The van der Waals surface area contributed by atoms with Crippen molar-refractivity contribution >= 4 is 11.6 Å². The first-order chi connectivity index (χ1) is 10.0. The molecule has 1 heterocycles. The Morgan fingerprint density at radius 1 is 1.33 bits per heavy atom. The zero-order valence-corrected chi connectivity index (χ0v) is 11.4. The molecule has 0 saturated heterocycles. The van der Waals surface area contributed by atoms with Crippen molar-refractivity contribution < 1.29 is 13.6 Å². The highest BCUT2D eigenvalue weighted by atomic mass is 19.1. The molecule has 1 atom stereocenters. The Morgan fingerprint density at radius 3 is 2.67 bits per heavy atom. The van der Waals surface area contributed by atoms with Gasteiger partial charge in [0.05, 0.1) is 23.6 Å². The number of nitrogens with one attached hydrogen (secondary N) is 1. The first-order valence-corrected chi connectivity index (χ1v) is 6.48. The first kappa shape index (κ1) is 14.9. The average Bonchev–Trinajstić information content (AvgIpc) is 2.47. The van der Waals surface area contributed by atoms with Crippen molar-refractivity contribution in [2.45, 2.75) is 19.4 Å². The molecule has 4 nitrogen and oxygen atoms in total. The number of aromatic nitrogens is 1. The van der Waals surface area contributed by atoms with Crippen LogP contribution in [0.15, 0.2) is 36.5 Å². The highest BCUT2D eigenvalue weighted by Crippen LogP contribution is 2.24. The van der Waals surface area contributed by atoms with E-state index in [0.717, 1.165) is 6.20 Å². The number of rotatable bonds is 5. The standard InChI is InChI=1S/C15H15F2N3O/c1-2-12(13-6-4-10(16)8-19-13)20-14-7-9(15(18)21)3-5-11(14)17/h3-8,12,20H,2H2,1H3,(H2,18,21). The molecule has 3 N–H and O–H groups in total. The summed E-state index contributed by atoms with van der Waals surface area (Å²) in [5, 5.41) is 2.96. The lowest BCUT2D eigenvalue weighted by molar-refractivity contribution is 0.100. The number of hydrogen-bond donors (Lipinski definition) is 2. The highest BCUT2D eigenvalue weighted by molar-refractivity contribution is 5.93. The predicted octanol–water partition coefficient (Wildman–Crippen LogP) is 3.02. The van der Waals surface area contributed by atoms with Gasteiger partial charge in [0.1, 0.15) is 11.6 Å².